The summed E-state index contributed by atoms with van der Waals surface area (Å²) < 4.78 is 8.64. The number of nitrogens with two attached hydrogens (primary N) is 1. The van der Waals surface area contributed by atoms with E-state index >= 15 is 0 Å². The average molecular weight is 296 g/mol. The summed E-state index contributed by atoms with van der Waals surface area (Å²) in [6, 6.07) is 5.84. The van der Waals surface area contributed by atoms with Crippen LogP contribution < -0.4 is 10.5 Å². The normalized spacial score (nSPS) is 10.5. The Morgan fingerprint density at radius 1 is 1.41 bits per heavy atom. The largest absolute Gasteiger partial charge is 0.492 e. The molecule has 1 heterocycles. The minimum Gasteiger partial charge on any atom is -0.492 e. The summed E-state index contributed by atoms with van der Waals surface area (Å²) in [4.78, 5) is 3.97. The maximum absolute atomic E-state index is 5.65. The smallest absolute Gasteiger partial charge is 0.119 e. The summed E-state index contributed by atoms with van der Waals surface area (Å²) >= 11 is 3.44. The van der Waals surface area contributed by atoms with Crippen LogP contribution in [0, 0.1) is 0 Å². The molecule has 0 aliphatic carbocycles. The van der Waals surface area contributed by atoms with Crippen molar-refractivity contribution in [1.82, 2.24) is 9.55 Å². The molecule has 2 N–H and O–H groups in total. The molecule has 0 spiro atoms. The number of hydrogen-bond donors (Lipinski definition) is 1. The predicted octanol–water partition coefficient (Wildman–Crippen LogP) is 2.18. The molecule has 2 rings (SSSR count). The lowest BCUT2D eigenvalue weighted by atomic mass is 10.2. The molecule has 1 aromatic heterocycles. The van der Waals surface area contributed by atoms with Crippen molar-refractivity contribution in [1.29, 1.82) is 0 Å². The van der Waals surface area contributed by atoms with E-state index in [-0.39, 0.29) is 0 Å². The number of nitrogens with zero attached hydrogens (tertiary/aromatic N) is 2. The molecular weight excluding hydrogens is 282 g/mol. The number of rotatable bonds is 5. The van der Waals surface area contributed by atoms with Crippen molar-refractivity contribution >= 4 is 15.9 Å². The SMILES string of the molecule is NCc1cc(OCCn2ccnc2)ccc1Br. The Morgan fingerprint density at radius 3 is 3.00 bits per heavy atom. The first kappa shape index (κ1) is 12.1. The molecule has 90 valence electrons. The lowest BCUT2D eigenvalue weighted by molar-refractivity contribution is 0.298. The maximum Gasteiger partial charge on any atom is 0.119 e. The second-order valence-electron chi connectivity index (χ2n) is 3.61. The van der Waals surface area contributed by atoms with Gasteiger partial charge in [-0.25, -0.2) is 4.98 Å². The molecule has 0 saturated heterocycles. The van der Waals surface area contributed by atoms with Crippen LogP contribution in [0.1, 0.15) is 5.56 Å². The highest BCUT2D eigenvalue weighted by molar-refractivity contribution is 9.10. The quantitative estimate of drug-likeness (QED) is 0.920. The molecule has 0 atom stereocenters. The Balaban J connectivity index is 1.90. The number of hydrogen-bond acceptors (Lipinski definition) is 3. The number of imidazole rings is 1. The van der Waals surface area contributed by atoms with Gasteiger partial charge in [0.05, 0.1) is 12.9 Å². The highest BCUT2D eigenvalue weighted by Gasteiger charge is 2.00. The fourth-order valence-corrected chi connectivity index (χ4v) is 1.89. The highest BCUT2D eigenvalue weighted by atomic mass is 79.9. The maximum atomic E-state index is 5.65. The summed E-state index contributed by atoms with van der Waals surface area (Å²) in [6.07, 6.45) is 5.44. The molecule has 0 aliphatic rings. The zero-order valence-corrected chi connectivity index (χ0v) is 10.9. The van der Waals surface area contributed by atoms with Crippen molar-refractivity contribution in [2.24, 2.45) is 5.73 Å². The lowest BCUT2D eigenvalue weighted by Gasteiger charge is -2.09. The van der Waals surface area contributed by atoms with Crippen LogP contribution >= 0.6 is 15.9 Å². The van der Waals surface area contributed by atoms with Crippen LogP contribution in [0.25, 0.3) is 0 Å². The monoisotopic (exact) mass is 295 g/mol. The van der Waals surface area contributed by atoms with Gasteiger partial charge in [0.15, 0.2) is 0 Å². The predicted molar refractivity (Wildman–Crippen MR) is 69.8 cm³/mol. The van der Waals surface area contributed by atoms with E-state index in [9.17, 15) is 0 Å². The van der Waals surface area contributed by atoms with Gasteiger partial charge in [-0.1, -0.05) is 15.9 Å². The van der Waals surface area contributed by atoms with E-state index in [1.807, 2.05) is 29.0 Å². The molecular formula is C12H14BrN3O. The summed E-state index contributed by atoms with van der Waals surface area (Å²) in [5.74, 6) is 0.841. The molecule has 0 fully saturated rings. The van der Waals surface area contributed by atoms with Crippen LogP contribution in [-0.4, -0.2) is 16.2 Å². The van der Waals surface area contributed by atoms with Gasteiger partial charge in [0, 0.05) is 23.4 Å². The molecule has 0 bridgehead atoms. The van der Waals surface area contributed by atoms with E-state index in [4.69, 9.17) is 10.5 Å². The summed E-state index contributed by atoms with van der Waals surface area (Å²) in [6.45, 7) is 1.90. The van der Waals surface area contributed by atoms with Crippen LogP contribution in [-0.2, 0) is 13.1 Å². The van der Waals surface area contributed by atoms with E-state index < -0.39 is 0 Å². The van der Waals surface area contributed by atoms with Gasteiger partial charge in [0.1, 0.15) is 12.4 Å². The Hall–Kier alpha value is -1.33. The van der Waals surface area contributed by atoms with Crippen molar-refractivity contribution in [3.05, 3.63) is 47.0 Å². The van der Waals surface area contributed by atoms with Crippen LogP contribution in [0.5, 0.6) is 5.75 Å². The van der Waals surface area contributed by atoms with E-state index in [1.54, 1.807) is 12.5 Å². The van der Waals surface area contributed by atoms with Crippen molar-refractivity contribution in [3.63, 3.8) is 0 Å². The molecule has 0 amide bonds. The zero-order chi connectivity index (χ0) is 12.1. The second-order valence-corrected chi connectivity index (χ2v) is 4.46. The summed E-state index contributed by atoms with van der Waals surface area (Å²) in [5, 5.41) is 0. The first-order chi connectivity index (χ1) is 8.29. The van der Waals surface area contributed by atoms with Gasteiger partial charge in [0.2, 0.25) is 0 Å². The highest BCUT2D eigenvalue weighted by Crippen LogP contribution is 2.22. The number of halogens is 1. The first-order valence-corrected chi connectivity index (χ1v) is 6.16. The molecule has 17 heavy (non-hydrogen) atoms. The average Bonchev–Trinajstić information content (AvgIpc) is 2.84. The van der Waals surface area contributed by atoms with E-state index in [2.05, 4.69) is 20.9 Å². The standard InChI is InChI=1S/C12H14BrN3O/c13-12-2-1-11(7-10(12)8-14)17-6-5-16-4-3-15-9-16/h1-4,7,9H,5-6,8,14H2. The van der Waals surface area contributed by atoms with Gasteiger partial charge >= 0.3 is 0 Å². The Labute approximate surface area is 109 Å². The topological polar surface area (TPSA) is 53.1 Å². The van der Waals surface area contributed by atoms with Crippen LogP contribution in [0.2, 0.25) is 0 Å². The fraction of sp³-hybridized carbons (Fsp3) is 0.250. The Kier molecular flexibility index (Phi) is 4.17. The van der Waals surface area contributed by atoms with Crippen molar-refractivity contribution in [2.75, 3.05) is 6.61 Å². The Morgan fingerprint density at radius 2 is 2.29 bits per heavy atom. The third kappa shape index (κ3) is 3.31. The van der Waals surface area contributed by atoms with Crippen LogP contribution in [0.3, 0.4) is 0 Å². The molecule has 0 unspecified atom stereocenters. The van der Waals surface area contributed by atoms with Gasteiger partial charge in [-0.15, -0.1) is 0 Å². The molecule has 2 aromatic rings. The third-order valence-electron chi connectivity index (χ3n) is 2.41. The Bertz CT molecular complexity index is 471. The second kappa shape index (κ2) is 5.84. The van der Waals surface area contributed by atoms with Crippen molar-refractivity contribution in [3.8, 4) is 5.75 Å². The minimum atomic E-state index is 0.499. The van der Waals surface area contributed by atoms with Crippen molar-refractivity contribution < 1.29 is 4.74 Å². The molecule has 0 aliphatic heterocycles. The zero-order valence-electron chi connectivity index (χ0n) is 9.34. The van der Waals surface area contributed by atoms with E-state index in [0.29, 0.717) is 13.2 Å². The number of ether oxygens (including phenoxy) is 1. The third-order valence-corrected chi connectivity index (χ3v) is 3.19. The van der Waals surface area contributed by atoms with Crippen LogP contribution in [0.15, 0.2) is 41.4 Å². The van der Waals surface area contributed by atoms with Gasteiger partial charge in [0.25, 0.3) is 0 Å². The van der Waals surface area contributed by atoms with Gasteiger partial charge in [-0.05, 0) is 23.8 Å². The molecule has 4 nitrogen and oxygen atoms in total. The molecule has 1 aromatic carbocycles. The molecule has 5 heteroatoms. The van der Waals surface area contributed by atoms with Gasteiger partial charge < -0.3 is 15.0 Å². The first-order valence-electron chi connectivity index (χ1n) is 5.36. The summed E-state index contributed by atoms with van der Waals surface area (Å²) in [7, 11) is 0. The van der Waals surface area contributed by atoms with Crippen molar-refractivity contribution in [2.45, 2.75) is 13.1 Å². The van der Waals surface area contributed by atoms with Crippen LogP contribution in [0.4, 0.5) is 0 Å². The molecule has 0 saturated carbocycles. The van der Waals surface area contributed by atoms with Gasteiger partial charge in [-0.2, -0.15) is 0 Å². The fourth-order valence-electron chi connectivity index (χ4n) is 1.49. The van der Waals surface area contributed by atoms with E-state index in [1.165, 1.54) is 0 Å². The number of aromatic nitrogens is 2. The summed E-state index contributed by atoms with van der Waals surface area (Å²) in [5.41, 5.74) is 6.67. The van der Waals surface area contributed by atoms with Gasteiger partial charge in [-0.3, -0.25) is 0 Å². The number of benzene rings is 1. The molecule has 0 radical (unpaired) electrons. The lowest BCUT2D eigenvalue weighted by Crippen LogP contribution is -2.07. The van der Waals surface area contributed by atoms with E-state index in [0.717, 1.165) is 22.3 Å². The minimum absolute atomic E-state index is 0.499.